The first-order valence-electron chi connectivity index (χ1n) is 4.43. The molecule has 13 heavy (non-hydrogen) atoms. The number of hydrogen-bond donors (Lipinski definition) is 1. The van der Waals surface area contributed by atoms with Gasteiger partial charge in [0.15, 0.2) is 0 Å². The van der Waals surface area contributed by atoms with Gasteiger partial charge in [-0.05, 0) is 13.3 Å². The van der Waals surface area contributed by atoms with Gasteiger partial charge in [-0.2, -0.15) is 0 Å². The number of carbonyl (C=O) groups is 1. The molecule has 3 nitrogen and oxygen atoms in total. The van der Waals surface area contributed by atoms with Gasteiger partial charge in [-0.25, -0.2) is 0 Å². The molecule has 0 spiro atoms. The predicted molar refractivity (Wildman–Crippen MR) is 52.0 cm³/mol. The molecule has 0 fully saturated rings. The third kappa shape index (κ3) is 6.18. The van der Waals surface area contributed by atoms with Crippen molar-refractivity contribution < 1.29 is 9.90 Å². The molecule has 1 amide bonds. The molecule has 0 saturated carbocycles. The number of rotatable bonds is 5. The van der Waals surface area contributed by atoms with Gasteiger partial charge in [-0.1, -0.05) is 0 Å². The largest absolute Gasteiger partial charge is 0.393 e. The summed E-state index contributed by atoms with van der Waals surface area (Å²) in [5, 5.41) is 8.99. The lowest BCUT2D eigenvalue weighted by molar-refractivity contribution is -0.130. The molecule has 1 atom stereocenters. The van der Waals surface area contributed by atoms with Crippen molar-refractivity contribution in [1.29, 1.82) is 0 Å². The average Bonchev–Trinajstić information content (AvgIpc) is 2.10. The number of terminal acetylenes is 1. The maximum absolute atomic E-state index is 11.3. The van der Waals surface area contributed by atoms with E-state index in [0.29, 0.717) is 25.8 Å². The zero-order valence-corrected chi connectivity index (χ0v) is 8.29. The Bertz CT molecular complexity index is 194. The predicted octanol–water partition coefficient (Wildman–Crippen LogP) is 0.629. The van der Waals surface area contributed by atoms with Crippen molar-refractivity contribution in [2.24, 2.45) is 0 Å². The molecule has 0 bridgehead atoms. The van der Waals surface area contributed by atoms with Crippen LogP contribution in [0, 0.1) is 12.3 Å². The maximum atomic E-state index is 11.3. The zero-order chi connectivity index (χ0) is 10.3. The van der Waals surface area contributed by atoms with Crippen LogP contribution >= 0.6 is 0 Å². The van der Waals surface area contributed by atoms with E-state index in [1.807, 2.05) is 0 Å². The van der Waals surface area contributed by atoms with Crippen LogP contribution < -0.4 is 0 Å². The van der Waals surface area contributed by atoms with E-state index in [0.717, 1.165) is 0 Å². The molecule has 74 valence electrons. The third-order valence-electron chi connectivity index (χ3n) is 1.79. The van der Waals surface area contributed by atoms with Crippen LogP contribution in [0.1, 0.15) is 26.2 Å². The van der Waals surface area contributed by atoms with Crippen LogP contribution in [-0.4, -0.2) is 35.6 Å². The SMILES string of the molecule is C#CCCC(=O)N(C)CCC(C)O. The van der Waals surface area contributed by atoms with Crippen LogP contribution in [0.2, 0.25) is 0 Å². The second-order valence-corrected chi connectivity index (χ2v) is 3.16. The molecule has 0 aliphatic rings. The molecule has 0 rings (SSSR count). The summed E-state index contributed by atoms with van der Waals surface area (Å²) in [5.74, 6) is 2.46. The molecular weight excluding hydrogens is 166 g/mol. The van der Waals surface area contributed by atoms with Gasteiger partial charge in [-0.3, -0.25) is 4.79 Å². The summed E-state index contributed by atoms with van der Waals surface area (Å²) >= 11 is 0. The highest BCUT2D eigenvalue weighted by molar-refractivity contribution is 5.76. The van der Waals surface area contributed by atoms with Gasteiger partial charge in [0.25, 0.3) is 0 Å². The molecule has 1 N–H and O–H groups in total. The number of aliphatic hydroxyl groups excluding tert-OH is 1. The minimum Gasteiger partial charge on any atom is -0.393 e. The van der Waals surface area contributed by atoms with Gasteiger partial charge in [0.2, 0.25) is 5.91 Å². The summed E-state index contributed by atoms with van der Waals surface area (Å²) in [6.07, 6.45) is 6.17. The first-order valence-corrected chi connectivity index (χ1v) is 4.43. The van der Waals surface area contributed by atoms with Crippen molar-refractivity contribution in [2.45, 2.75) is 32.3 Å². The van der Waals surface area contributed by atoms with E-state index >= 15 is 0 Å². The highest BCUT2D eigenvalue weighted by Gasteiger charge is 2.07. The molecule has 0 aromatic carbocycles. The average molecular weight is 183 g/mol. The Labute approximate surface area is 79.7 Å². The lowest BCUT2D eigenvalue weighted by Crippen LogP contribution is -2.29. The lowest BCUT2D eigenvalue weighted by atomic mass is 10.2. The van der Waals surface area contributed by atoms with Gasteiger partial charge in [0.1, 0.15) is 0 Å². The summed E-state index contributed by atoms with van der Waals surface area (Å²) in [5.41, 5.74) is 0. The molecule has 0 heterocycles. The number of hydrogen-bond acceptors (Lipinski definition) is 2. The molecule has 0 aromatic rings. The Kier molecular flexibility index (Phi) is 5.99. The second-order valence-electron chi connectivity index (χ2n) is 3.16. The highest BCUT2D eigenvalue weighted by atomic mass is 16.3. The van der Waals surface area contributed by atoms with E-state index in [2.05, 4.69) is 5.92 Å². The Hall–Kier alpha value is -1.01. The number of amides is 1. The van der Waals surface area contributed by atoms with Gasteiger partial charge in [0.05, 0.1) is 6.10 Å². The number of aliphatic hydroxyl groups is 1. The smallest absolute Gasteiger partial charge is 0.223 e. The van der Waals surface area contributed by atoms with Crippen molar-refractivity contribution >= 4 is 5.91 Å². The summed E-state index contributed by atoms with van der Waals surface area (Å²) in [6, 6.07) is 0. The van der Waals surface area contributed by atoms with Gasteiger partial charge < -0.3 is 10.0 Å². The van der Waals surface area contributed by atoms with Crippen molar-refractivity contribution in [3.63, 3.8) is 0 Å². The molecular formula is C10H17NO2. The lowest BCUT2D eigenvalue weighted by Gasteiger charge is -2.17. The fourth-order valence-electron chi connectivity index (χ4n) is 0.875. The zero-order valence-electron chi connectivity index (χ0n) is 8.29. The maximum Gasteiger partial charge on any atom is 0.223 e. The first-order chi connectivity index (χ1) is 6.07. The van der Waals surface area contributed by atoms with Crippen LogP contribution in [0.25, 0.3) is 0 Å². The minimum atomic E-state index is -0.358. The molecule has 1 unspecified atom stereocenters. The van der Waals surface area contributed by atoms with Crippen molar-refractivity contribution in [3.8, 4) is 12.3 Å². The van der Waals surface area contributed by atoms with Gasteiger partial charge in [-0.15, -0.1) is 12.3 Å². The topological polar surface area (TPSA) is 40.5 Å². The fourth-order valence-corrected chi connectivity index (χ4v) is 0.875. The fraction of sp³-hybridized carbons (Fsp3) is 0.700. The Morgan fingerprint density at radius 3 is 2.77 bits per heavy atom. The van der Waals surface area contributed by atoms with E-state index < -0.39 is 0 Å². The van der Waals surface area contributed by atoms with E-state index in [-0.39, 0.29) is 12.0 Å². The number of carbonyl (C=O) groups excluding carboxylic acids is 1. The van der Waals surface area contributed by atoms with Crippen LogP contribution in [0.5, 0.6) is 0 Å². The molecule has 0 aliphatic carbocycles. The summed E-state index contributed by atoms with van der Waals surface area (Å²) in [4.78, 5) is 12.9. The first kappa shape index (κ1) is 12.0. The molecule has 3 heteroatoms. The Morgan fingerprint density at radius 1 is 1.69 bits per heavy atom. The summed E-state index contributed by atoms with van der Waals surface area (Å²) in [6.45, 7) is 2.29. The third-order valence-corrected chi connectivity index (χ3v) is 1.79. The van der Waals surface area contributed by atoms with Crippen molar-refractivity contribution in [2.75, 3.05) is 13.6 Å². The van der Waals surface area contributed by atoms with Gasteiger partial charge in [0, 0.05) is 26.4 Å². The minimum absolute atomic E-state index is 0.0404. The number of nitrogens with zero attached hydrogens (tertiary/aromatic N) is 1. The molecule has 0 radical (unpaired) electrons. The molecule has 0 aliphatic heterocycles. The van der Waals surface area contributed by atoms with Crippen LogP contribution in [0.3, 0.4) is 0 Å². The van der Waals surface area contributed by atoms with E-state index in [4.69, 9.17) is 11.5 Å². The second kappa shape index (κ2) is 6.50. The highest BCUT2D eigenvalue weighted by Crippen LogP contribution is 1.98. The summed E-state index contributed by atoms with van der Waals surface area (Å²) in [7, 11) is 1.72. The van der Waals surface area contributed by atoms with Crippen molar-refractivity contribution in [1.82, 2.24) is 4.90 Å². The van der Waals surface area contributed by atoms with Crippen LogP contribution in [-0.2, 0) is 4.79 Å². The van der Waals surface area contributed by atoms with E-state index in [1.54, 1.807) is 18.9 Å². The van der Waals surface area contributed by atoms with Crippen LogP contribution in [0.15, 0.2) is 0 Å². The van der Waals surface area contributed by atoms with Crippen molar-refractivity contribution in [3.05, 3.63) is 0 Å². The monoisotopic (exact) mass is 183 g/mol. The van der Waals surface area contributed by atoms with E-state index in [1.165, 1.54) is 0 Å². The Morgan fingerprint density at radius 2 is 2.31 bits per heavy atom. The Balaban J connectivity index is 3.64. The normalized spacial score (nSPS) is 11.8. The van der Waals surface area contributed by atoms with E-state index in [9.17, 15) is 4.79 Å². The summed E-state index contributed by atoms with van der Waals surface area (Å²) < 4.78 is 0. The molecule has 0 aromatic heterocycles. The molecule has 0 saturated heterocycles. The standard InChI is InChI=1S/C10H17NO2/c1-4-5-6-10(13)11(3)8-7-9(2)12/h1,9,12H,5-8H2,2-3H3. The van der Waals surface area contributed by atoms with Gasteiger partial charge >= 0.3 is 0 Å². The van der Waals surface area contributed by atoms with Crippen LogP contribution in [0.4, 0.5) is 0 Å². The quantitative estimate of drug-likeness (QED) is 0.635.